The quantitative estimate of drug-likeness (QED) is 0.757. The van der Waals surface area contributed by atoms with Gasteiger partial charge in [-0.25, -0.2) is 9.50 Å². The lowest BCUT2D eigenvalue weighted by molar-refractivity contribution is -0.141. The van der Waals surface area contributed by atoms with Crippen molar-refractivity contribution in [3.63, 3.8) is 0 Å². The summed E-state index contributed by atoms with van der Waals surface area (Å²) < 4.78 is 6.73. The number of rotatable bonds is 5. The molecule has 3 rings (SSSR count). The fraction of sp³-hybridized carbons (Fsp3) is 0.462. The van der Waals surface area contributed by atoms with E-state index in [-0.39, 0.29) is 12.5 Å². The van der Waals surface area contributed by atoms with Crippen molar-refractivity contribution in [2.45, 2.75) is 25.8 Å². The summed E-state index contributed by atoms with van der Waals surface area (Å²) in [6, 6.07) is 4.14. The summed E-state index contributed by atoms with van der Waals surface area (Å²) in [5.74, 6) is 0.605. The van der Waals surface area contributed by atoms with Crippen LogP contribution in [0.4, 0.5) is 5.82 Å². The normalized spacial score (nSPS) is 14.6. The zero-order valence-electron chi connectivity index (χ0n) is 10.8. The number of nitrogens with zero attached hydrogens (tertiary/aromatic N) is 4. The van der Waals surface area contributed by atoms with Crippen molar-refractivity contribution in [3.8, 4) is 0 Å². The van der Waals surface area contributed by atoms with E-state index in [0.29, 0.717) is 12.6 Å². The van der Waals surface area contributed by atoms with Crippen molar-refractivity contribution in [2.24, 2.45) is 0 Å². The van der Waals surface area contributed by atoms with Gasteiger partial charge in [0.2, 0.25) is 0 Å². The molecule has 6 heteroatoms. The second-order valence-electron chi connectivity index (χ2n) is 4.58. The molecular formula is C13H16N4O2. The summed E-state index contributed by atoms with van der Waals surface area (Å²) in [5.41, 5.74) is 0.784. The largest absolute Gasteiger partial charge is 0.465 e. The van der Waals surface area contributed by atoms with E-state index in [9.17, 15) is 4.79 Å². The summed E-state index contributed by atoms with van der Waals surface area (Å²) in [6.07, 6.45) is 5.77. The first-order valence-electron chi connectivity index (χ1n) is 6.50. The summed E-state index contributed by atoms with van der Waals surface area (Å²) >= 11 is 0. The van der Waals surface area contributed by atoms with Crippen LogP contribution in [-0.2, 0) is 9.53 Å². The molecule has 0 bridgehead atoms. The molecular weight excluding hydrogens is 244 g/mol. The Morgan fingerprint density at radius 1 is 1.53 bits per heavy atom. The van der Waals surface area contributed by atoms with Crippen LogP contribution in [-0.4, -0.2) is 39.8 Å². The highest BCUT2D eigenvalue weighted by molar-refractivity contribution is 5.76. The van der Waals surface area contributed by atoms with Crippen molar-refractivity contribution in [2.75, 3.05) is 18.1 Å². The van der Waals surface area contributed by atoms with E-state index in [1.165, 1.54) is 0 Å². The minimum absolute atomic E-state index is 0.204. The highest BCUT2D eigenvalue weighted by Crippen LogP contribution is 2.30. The van der Waals surface area contributed by atoms with Gasteiger partial charge < -0.3 is 9.64 Å². The second kappa shape index (κ2) is 4.87. The standard InChI is InChI=1S/C13H16N4O2/c1-2-19-13(18)9-16(10-3-4-10)11-6-8-17-12(15-11)5-7-14-17/h5-8,10H,2-4,9H2,1H3. The summed E-state index contributed by atoms with van der Waals surface area (Å²) in [5, 5.41) is 4.11. The number of anilines is 1. The molecule has 0 aromatic carbocycles. The average Bonchev–Trinajstić information content (AvgIpc) is 3.13. The van der Waals surface area contributed by atoms with E-state index >= 15 is 0 Å². The van der Waals surface area contributed by atoms with Gasteiger partial charge in [-0.05, 0) is 25.8 Å². The molecule has 2 aromatic rings. The Hall–Kier alpha value is -2.11. The van der Waals surface area contributed by atoms with E-state index in [1.54, 1.807) is 10.7 Å². The van der Waals surface area contributed by atoms with Crippen LogP contribution in [0.3, 0.4) is 0 Å². The maximum Gasteiger partial charge on any atom is 0.325 e. The van der Waals surface area contributed by atoms with Crippen LogP contribution in [0.5, 0.6) is 0 Å². The third-order valence-corrected chi connectivity index (χ3v) is 3.13. The molecule has 0 spiro atoms. The maximum absolute atomic E-state index is 11.7. The van der Waals surface area contributed by atoms with Crippen LogP contribution >= 0.6 is 0 Å². The van der Waals surface area contributed by atoms with Crippen molar-refractivity contribution in [1.82, 2.24) is 14.6 Å². The molecule has 0 aliphatic heterocycles. The Kier molecular flexibility index (Phi) is 3.06. The van der Waals surface area contributed by atoms with Crippen LogP contribution in [0.25, 0.3) is 5.65 Å². The molecule has 0 amide bonds. The number of esters is 1. The second-order valence-corrected chi connectivity index (χ2v) is 4.58. The molecule has 6 nitrogen and oxygen atoms in total. The number of hydrogen-bond donors (Lipinski definition) is 0. The number of fused-ring (bicyclic) bond motifs is 1. The van der Waals surface area contributed by atoms with Crippen molar-refractivity contribution in [1.29, 1.82) is 0 Å². The fourth-order valence-electron chi connectivity index (χ4n) is 2.09. The van der Waals surface area contributed by atoms with Crippen molar-refractivity contribution in [3.05, 3.63) is 24.5 Å². The first kappa shape index (κ1) is 12.0. The molecule has 19 heavy (non-hydrogen) atoms. The molecule has 0 radical (unpaired) electrons. The first-order chi connectivity index (χ1) is 9.28. The topological polar surface area (TPSA) is 59.7 Å². The Morgan fingerprint density at radius 3 is 3.11 bits per heavy atom. The SMILES string of the molecule is CCOC(=O)CN(c1ccn2nccc2n1)C1CC1. The Balaban J connectivity index is 1.84. The highest BCUT2D eigenvalue weighted by Gasteiger charge is 2.31. The Bertz CT molecular complexity index is 591. The predicted octanol–water partition coefficient (Wildman–Crippen LogP) is 1.26. The van der Waals surface area contributed by atoms with Crippen LogP contribution in [0.15, 0.2) is 24.5 Å². The first-order valence-corrected chi connectivity index (χ1v) is 6.50. The third kappa shape index (κ3) is 2.52. The molecule has 0 N–H and O–H groups in total. The van der Waals surface area contributed by atoms with Gasteiger partial charge in [0.15, 0.2) is 5.65 Å². The molecule has 1 aliphatic rings. The Labute approximate surface area is 111 Å². The van der Waals surface area contributed by atoms with E-state index in [0.717, 1.165) is 24.3 Å². The van der Waals surface area contributed by atoms with Crippen LogP contribution in [0.2, 0.25) is 0 Å². The molecule has 0 saturated heterocycles. The number of hydrogen-bond acceptors (Lipinski definition) is 5. The average molecular weight is 260 g/mol. The van der Waals surface area contributed by atoms with Crippen LogP contribution in [0.1, 0.15) is 19.8 Å². The summed E-state index contributed by atoms with van der Waals surface area (Å²) in [7, 11) is 0. The van der Waals surface area contributed by atoms with E-state index < -0.39 is 0 Å². The van der Waals surface area contributed by atoms with Gasteiger partial charge in [0, 0.05) is 18.3 Å². The predicted molar refractivity (Wildman–Crippen MR) is 70.0 cm³/mol. The zero-order chi connectivity index (χ0) is 13.2. The van der Waals surface area contributed by atoms with E-state index in [2.05, 4.69) is 10.1 Å². The van der Waals surface area contributed by atoms with Crippen LogP contribution in [0, 0.1) is 0 Å². The highest BCUT2D eigenvalue weighted by atomic mass is 16.5. The van der Waals surface area contributed by atoms with Crippen LogP contribution < -0.4 is 4.90 Å². The number of ether oxygens (including phenoxy) is 1. The molecule has 100 valence electrons. The van der Waals surface area contributed by atoms with Gasteiger partial charge in [0.1, 0.15) is 12.4 Å². The molecule has 0 unspecified atom stereocenters. The van der Waals surface area contributed by atoms with Crippen molar-refractivity contribution >= 4 is 17.4 Å². The molecule has 1 fully saturated rings. The molecule has 2 aromatic heterocycles. The lowest BCUT2D eigenvalue weighted by Crippen LogP contribution is -2.33. The monoisotopic (exact) mass is 260 g/mol. The third-order valence-electron chi connectivity index (χ3n) is 3.13. The fourth-order valence-corrected chi connectivity index (χ4v) is 2.09. The molecule has 2 heterocycles. The van der Waals surface area contributed by atoms with Gasteiger partial charge in [-0.3, -0.25) is 4.79 Å². The lowest BCUT2D eigenvalue weighted by atomic mass is 10.4. The summed E-state index contributed by atoms with van der Waals surface area (Å²) in [4.78, 5) is 18.2. The number of aromatic nitrogens is 3. The van der Waals surface area contributed by atoms with E-state index in [4.69, 9.17) is 4.74 Å². The lowest BCUT2D eigenvalue weighted by Gasteiger charge is -2.22. The van der Waals surface area contributed by atoms with E-state index in [1.807, 2.05) is 30.2 Å². The zero-order valence-corrected chi connectivity index (χ0v) is 10.8. The van der Waals surface area contributed by atoms with Gasteiger partial charge in [-0.2, -0.15) is 5.10 Å². The van der Waals surface area contributed by atoms with Crippen molar-refractivity contribution < 1.29 is 9.53 Å². The molecule has 1 aliphatic carbocycles. The molecule has 0 atom stereocenters. The maximum atomic E-state index is 11.7. The van der Waals surface area contributed by atoms with Gasteiger partial charge >= 0.3 is 5.97 Å². The van der Waals surface area contributed by atoms with Gasteiger partial charge in [0.05, 0.1) is 12.8 Å². The van der Waals surface area contributed by atoms with Gasteiger partial charge in [0.25, 0.3) is 0 Å². The minimum Gasteiger partial charge on any atom is -0.465 e. The number of carbonyl (C=O) groups excluding carboxylic acids is 1. The smallest absolute Gasteiger partial charge is 0.325 e. The minimum atomic E-state index is -0.204. The van der Waals surface area contributed by atoms with Gasteiger partial charge in [-0.1, -0.05) is 0 Å². The number of carbonyl (C=O) groups is 1. The van der Waals surface area contributed by atoms with Gasteiger partial charge in [-0.15, -0.1) is 0 Å². The molecule has 1 saturated carbocycles. The Morgan fingerprint density at radius 2 is 2.37 bits per heavy atom. The summed E-state index contributed by atoms with van der Waals surface area (Å²) in [6.45, 7) is 2.48.